The molecule has 20 heavy (non-hydrogen) atoms. The van der Waals surface area contributed by atoms with Gasteiger partial charge in [0.1, 0.15) is 11.2 Å². The summed E-state index contributed by atoms with van der Waals surface area (Å²) in [4.78, 5) is 12.4. The maximum absolute atomic E-state index is 12.4. The molecule has 1 aromatic heterocycles. The molecule has 3 rings (SSSR count). The molecule has 110 valence electrons. The van der Waals surface area contributed by atoms with Gasteiger partial charge in [-0.25, -0.2) is 0 Å². The smallest absolute Gasteiger partial charge is 0.319 e. The van der Waals surface area contributed by atoms with Gasteiger partial charge in [-0.1, -0.05) is 19.3 Å². The molecule has 0 N–H and O–H groups in total. The summed E-state index contributed by atoms with van der Waals surface area (Å²) >= 11 is 0. The van der Waals surface area contributed by atoms with Crippen LogP contribution in [0.15, 0.2) is 0 Å². The summed E-state index contributed by atoms with van der Waals surface area (Å²) in [6, 6.07) is 0.465. The van der Waals surface area contributed by atoms with E-state index in [0.717, 1.165) is 30.9 Å². The van der Waals surface area contributed by atoms with Crippen LogP contribution < -0.4 is 0 Å². The number of esters is 1. The summed E-state index contributed by atoms with van der Waals surface area (Å²) in [5.41, 5.74) is -0.528. The molecule has 2 saturated carbocycles. The molecule has 1 aromatic rings. The third kappa shape index (κ3) is 1.95. The fourth-order valence-electron chi connectivity index (χ4n) is 3.61. The van der Waals surface area contributed by atoms with Crippen molar-refractivity contribution in [2.24, 2.45) is 0 Å². The predicted octanol–water partition coefficient (Wildman–Crippen LogP) is 2.69. The molecular weight excluding hydrogens is 254 g/mol. The van der Waals surface area contributed by atoms with Crippen LogP contribution in [0.3, 0.4) is 0 Å². The van der Waals surface area contributed by atoms with Gasteiger partial charge < -0.3 is 9.30 Å². The zero-order valence-corrected chi connectivity index (χ0v) is 12.4. The molecule has 0 spiro atoms. The highest BCUT2D eigenvalue weighted by molar-refractivity contribution is 5.83. The van der Waals surface area contributed by atoms with Gasteiger partial charge in [0.25, 0.3) is 0 Å². The Hall–Kier alpha value is -1.39. The van der Waals surface area contributed by atoms with Crippen LogP contribution in [0.5, 0.6) is 0 Å². The molecule has 0 saturated heterocycles. The molecule has 0 bridgehead atoms. The second-order valence-electron chi connectivity index (χ2n) is 6.04. The van der Waals surface area contributed by atoms with Crippen LogP contribution in [0.1, 0.15) is 69.6 Å². The SMILES string of the molecule is CCOC(=O)C1(c2nnc(C)n2C2CCCC2)CCC1. The summed E-state index contributed by atoms with van der Waals surface area (Å²) in [7, 11) is 0. The topological polar surface area (TPSA) is 57.0 Å². The number of hydrogen-bond acceptors (Lipinski definition) is 4. The van der Waals surface area contributed by atoms with Crippen molar-refractivity contribution in [3.05, 3.63) is 11.6 Å². The second kappa shape index (κ2) is 5.19. The van der Waals surface area contributed by atoms with E-state index in [9.17, 15) is 4.79 Å². The van der Waals surface area contributed by atoms with Gasteiger partial charge in [0.15, 0.2) is 5.82 Å². The lowest BCUT2D eigenvalue weighted by Gasteiger charge is -2.39. The van der Waals surface area contributed by atoms with E-state index in [0.29, 0.717) is 12.6 Å². The van der Waals surface area contributed by atoms with Crippen LogP contribution in [0.25, 0.3) is 0 Å². The summed E-state index contributed by atoms with van der Waals surface area (Å²) in [6.07, 6.45) is 7.61. The maximum atomic E-state index is 12.4. The van der Waals surface area contributed by atoms with Crippen LogP contribution in [-0.4, -0.2) is 27.3 Å². The Kier molecular flexibility index (Phi) is 3.52. The Morgan fingerprint density at radius 3 is 2.55 bits per heavy atom. The van der Waals surface area contributed by atoms with E-state index in [4.69, 9.17) is 4.74 Å². The van der Waals surface area contributed by atoms with E-state index in [1.807, 2.05) is 13.8 Å². The number of aryl methyl sites for hydroxylation is 1. The molecule has 2 aliphatic carbocycles. The van der Waals surface area contributed by atoms with Gasteiger partial charge in [-0.2, -0.15) is 0 Å². The Morgan fingerprint density at radius 1 is 1.30 bits per heavy atom. The van der Waals surface area contributed by atoms with Gasteiger partial charge in [0, 0.05) is 6.04 Å². The van der Waals surface area contributed by atoms with Gasteiger partial charge in [0.2, 0.25) is 0 Å². The van der Waals surface area contributed by atoms with Crippen molar-refractivity contribution in [1.82, 2.24) is 14.8 Å². The van der Waals surface area contributed by atoms with E-state index in [1.165, 1.54) is 25.7 Å². The third-order valence-corrected chi connectivity index (χ3v) is 4.86. The van der Waals surface area contributed by atoms with E-state index >= 15 is 0 Å². The molecule has 1 heterocycles. The number of nitrogens with zero attached hydrogens (tertiary/aromatic N) is 3. The van der Waals surface area contributed by atoms with E-state index in [1.54, 1.807) is 0 Å². The summed E-state index contributed by atoms with van der Waals surface area (Å²) in [5, 5.41) is 8.63. The first-order chi connectivity index (χ1) is 9.69. The molecule has 5 nitrogen and oxygen atoms in total. The first-order valence-electron chi connectivity index (χ1n) is 7.78. The minimum atomic E-state index is -0.528. The summed E-state index contributed by atoms with van der Waals surface area (Å²) < 4.78 is 7.54. The Balaban J connectivity index is 1.98. The van der Waals surface area contributed by atoms with Crippen molar-refractivity contribution in [3.63, 3.8) is 0 Å². The first-order valence-corrected chi connectivity index (χ1v) is 7.78. The minimum Gasteiger partial charge on any atom is -0.465 e. The molecule has 2 aliphatic rings. The zero-order chi connectivity index (χ0) is 14.2. The van der Waals surface area contributed by atoms with Crippen molar-refractivity contribution < 1.29 is 9.53 Å². The van der Waals surface area contributed by atoms with Crippen LogP contribution >= 0.6 is 0 Å². The van der Waals surface area contributed by atoms with Gasteiger partial charge in [-0.05, 0) is 39.5 Å². The first kappa shape index (κ1) is 13.6. The van der Waals surface area contributed by atoms with Crippen molar-refractivity contribution in [1.29, 1.82) is 0 Å². The fraction of sp³-hybridized carbons (Fsp3) is 0.800. The lowest BCUT2D eigenvalue weighted by Crippen LogP contribution is -2.46. The molecule has 0 unspecified atom stereocenters. The minimum absolute atomic E-state index is 0.113. The van der Waals surface area contributed by atoms with Crippen molar-refractivity contribution >= 4 is 5.97 Å². The summed E-state index contributed by atoms with van der Waals surface area (Å²) in [6.45, 7) is 4.28. The lowest BCUT2D eigenvalue weighted by atomic mass is 9.68. The molecule has 5 heteroatoms. The quantitative estimate of drug-likeness (QED) is 0.794. The molecule has 0 aromatic carbocycles. The summed E-state index contributed by atoms with van der Waals surface area (Å²) in [5.74, 6) is 1.67. The number of aromatic nitrogens is 3. The maximum Gasteiger partial charge on any atom is 0.319 e. The number of hydrogen-bond donors (Lipinski definition) is 0. The highest BCUT2D eigenvalue weighted by atomic mass is 16.5. The predicted molar refractivity (Wildman–Crippen MR) is 74.4 cm³/mol. The molecular formula is C15H23N3O2. The van der Waals surface area contributed by atoms with Crippen LogP contribution in [-0.2, 0) is 14.9 Å². The van der Waals surface area contributed by atoms with Crippen LogP contribution in [0, 0.1) is 6.92 Å². The van der Waals surface area contributed by atoms with Crippen LogP contribution in [0.4, 0.5) is 0 Å². The van der Waals surface area contributed by atoms with Crippen molar-refractivity contribution in [2.45, 2.75) is 70.3 Å². The lowest BCUT2D eigenvalue weighted by molar-refractivity contribution is -0.154. The normalized spacial score (nSPS) is 21.7. The standard InChI is InChI=1S/C15H23N3O2/c1-3-20-14(19)15(9-6-10-15)13-17-16-11(2)18(13)12-7-4-5-8-12/h12H,3-10H2,1-2H3. The average Bonchev–Trinajstić information content (AvgIpc) is 2.98. The van der Waals surface area contributed by atoms with Crippen molar-refractivity contribution in [2.75, 3.05) is 6.61 Å². The number of rotatable bonds is 4. The Morgan fingerprint density at radius 2 is 2.00 bits per heavy atom. The number of carbonyl (C=O) groups excluding carboxylic acids is 1. The van der Waals surface area contributed by atoms with Gasteiger partial charge in [0.05, 0.1) is 6.61 Å². The molecule has 0 amide bonds. The second-order valence-corrected chi connectivity index (χ2v) is 6.04. The van der Waals surface area contributed by atoms with Gasteiger partial charge in [-0.15, -0.1) is 10.2 Å². The van der Waals surface area contributed by atoms with E-state index in [2.05, 4.69) is 14.8 Å². The molecule has 0 atom stereocenters. The Bertz CT molecular complexity index is 499. The highest BCUT2D eigenvalue weighted by Crippen LogP contribution is 2.46. The van der Waals surface area contributed by atoms with Crippen molar-refractivity contribution in [3.8, 4) is 0 Å². The number of ether oxygens (including phenoxy) is 1. The van der Waals surface area contributed by atoms with E-state index in [-0.39, 0.29) is 5.97 Å². The zero-order valence-electron chi connectivity index (χ0n) is 12.4. The fourth-order valence-corrected chi connectivity index (χ4v) is 3.61. The third-order valence-electron chi connectivity index (χ3n) is 4.86. The van der Waals surface area contributed by atoms with Gasteiger partial charge in [-0.3, -0.25) is 4.79 Å². The molecule has 0 radical (unpaired) electrons. The van der Waals surface area contributed by atoms with Gasteiger partial charge >= 0.3 is 5.97 Å². The largest absolute Gasteiger partial charge is 0.465 e. The Labute approximate surface area is 119 Å². The molecule has 2 fully saturated rings. The monoisotopic (exact) mass is 277 g/mol. The average molecular weight is 277 g/mol. The van der Waals surface area contributed by atoms with Crippen LogP contribution in [0.2, 0.25) is 0 Å². The number of carbonyl (C=O) groups is 1. The highest BCUT2D eigenvalue weighted by Gasteiger charge is 2.51. The van der Waals surface area contributed by atoms with E-state index < -0.39 is 5.41 Å². The molecule has 0 aliphatic heterocycles.